The second-order valence-corrected chi connectivity index (χ2v) is 5.25. The molecule has 0 radical (unpaired) electrons. The van der Waals surface area contributed by atoms with Crippen LogP contribution in [0.5, 0.6) is 0 Å². The number of hydrogen-bond acceptors (Lipinski definition) is 4. The first kappa shape index (κ1) is 18.5. The molecule has 0 aromatic rings. The summed E-state index contributed by atoms with van der Waals surface area (Å²) in [5, 5.41) is 13.5. The van der Waals surface area contributed by atoms with Crippen LogP contribution in [-0.4, -0.2) is 73.6 Å². The van der Waals surface area contributed by atoms with Gasteiger partial charge in [0, 0.05) is 33.3 Å². The topological polar surface area (TPSA) is 90.9 Å². The third-order valence-corrected chi connectivity index (χ3v) is 3.32. The molecule has 2 fully saturated rings. The average molecular weight is 327 g/mol. The third-order valence-electron chi connectivity index (χ3n) is 3.32. The molecule has 2 amide bonds. The van der Waals surface area contributed by atoms with Gasteiger partial charge in [0.25, 0.3) is 0 Å². The number of fused-ring (bicyclic) bond motifs is 1. The van der Waals surface area contributed by atoms with Crippen molar-refractivity contribution in [3.05, 3.63) is 0 Å². The van der Waals surface area contributed by atoms with Gasteiger partial charge in [0.05, 0.1) is 12.1 Å². The zero-order valence-corrected chi connectivity index (χ0v) is 12.3. The molecule has 0 aromatic carbocycles. The van der Waals surface area contributed by atoms with Crippen molar-refractivity contribution in [1.82, 2.24) is 15.5 Å². The summed E-state index contributed by atoms with van der Waals surface area (Å²) in [6, 6.07) is 0.494. The Hall–Kier alpha value is -1.55. The molecule has 7 nitrogen and oxygen atoms in total. The Balaban J connectivity index is 0.000000295. The molecule has 3 atom stereocenters. The maximum absolute atomic E-state index is 11.5. The summed E-state index contributed by atoms with van der Waals surface area (Å²) >= 11 is 0. The molecule has 10 heteroatoms. The molecule has 0 spiro atoms. The molecule has 2 rings (SSSR count). The highest BCUT2D eigenvalue weighted by atomic mass is 19.4. The van der Waals surface area contributed by atoms with Crippen LogP contribution in [0.25, 0.3) is 0 Å². The maximum atomic E-state index is 11.5. The largest absolute Gasteiger partial charge is 0.490 e. The number of ether oxygens (including phenoxy) is 1. The van der Waals surface area contributed by atoms with Crippen molar-refractivity contribution in [2.24, 2.45) is 0 Å². The molecule has 0 bridgehead atoms. The van der Waals surface area contributed by atoms with Gasteiger partial charge in [0.1, 0.15) is 0 Å². The summed E-state index contributed by atoms with van der Waals surface area (Å²) in [6.07, 6.45) is -2.66. The SMILES string of the molecule is CN(C)C(=O)N[C@H]1CN[C@@H]2CCCO[C@H]12.O=C(O)C(F)(F)F. The predicted molar refractivity (Wildman–Crippen MR) is 70.5 cm³/mol. The Bertz CT molecular complexity index is 404. The molecular weight excluding hydrogens is 307 g/mol. The Morgan fingerprint density at radius 1 is 1.36 bits per heavy atom. The number of aliphatic carboxylic acids is 1. The van der Waals surface area contributed by atoms with Crippen molar-refractivity contribution in [2.45, 2.75) is 37.2 Å². The molecule has 2 saturated heterocycles. The predicted octanol–water partition coefficient (Wildman–Crippen LogP) is 0.410. The monoisotopic (exact) mass is 327 g/mol. The second kappa shape index (κ2) is 7.63. The molecule has 3 N–H and O–H groups in total. The van der Waals surface area contributed by atoms with E-state index >= 15 is 0 Å². The fourth-order valence-electron chi connectivity index (χ4n) is 2.23. The van der Waals surface area contributed by atoms with Crippen molar-refractivity contribution in [1.29, 1.82) is 0 Å². The molecule has 22 heavy (non-hydrogen) atoms. The number of hydrogen-bond donors (Lipinski definition) is 3. The minimum absolute atomic E-state index is 0.0448. The van der Waals surface area contributed by atoms with E-state index in [9.17, 15) is 18.0 Å². The van der Waals surface area contributed by atoms with E-state index in [0.717, 1.165) is 26.0 Å². The standard InChI is InChI=1S/C10H19N3O2.C2HF3O2/c1-13(2)10(14)12-8-6-11-7-4-3-5-15-9(7)8;3-2(4,5)1(6)7/h7-9,11H,3-6H2,1-2H3,(H,12,14);(H,6,7)/t7-,8+,9+;/m1./s1. The lowest BCUT2D eigenvalue weighted by molar-refractivity contribution is -0.192. The lowest BCUT2D eigenvalue weighted by atomic mass is 10.0. The van der Waals surface area contributed by atoms with E-state index < -0.39 is 12.1 Å². The van der Waals surface area contributed by atoms with Gasteiger partial charge in [-0.2, -0.15) is 13.2 Å². The number of halogens is 3. The van der Waals surface area contributed by atoms with Crippen molar-refractivity contribution < 1.29 is 32.6 Å². The highest BCUT2D eigenvalue weighted by molar-refractivity contribution is 5.74. The molecule has 2 aliphatic rings. The van der Waals surface area contributed by atoms with E-state index in [1.807, 2.05) is 0 Å². The number of carbonyl (C=O) groups excluding carboxylic acids is 1. The van der Waals surface area contributed by atoms with Crippen LogP contribution in [0, 0.1) is 0 Å². The van der Waals surface area contributed by atoms with Gasteiger partial charge in [-0.05, 0) is 12.8 Å². The summed E-state index contributed by atoms with van der Waals surface area (Å²) in [5.74, 6) is -2.76. The molecular formula is C12H20F3N3O4. The van der Waals surface area contributed by atoms with Gasteiger partial charge < -0.3 is 25.4 Å². The molecule has 128 valence electrons. The number of urea groups is 1. The van der Waals surface area contributed by atoms with Crippen LogP contribution in [0.3, 0.4) is 0 Å². The second-order valence-electron chi connectivity index (χ2n) is 5.25. The van der Waals surface area contributed by atoms with E-state index in [0.29, 0.717) is 6.04 Å². The number of alkyl halides is 3. The zero-order valence-electron chi connectivity index (χ0n) is 12.3. The minimum atomic E-state index is -5.08. The van der Waals surface area contributed by atoms with Crippen LogP contribution in [-0.2, 0) is 9.53 Å². The number of carbonyl (C=O) groups is 2. The van der Waals surface area contributed by atoms with Gasteiger partial charge in [0.2, 0.25) is 0 Å². The van der Waals surface area contributed by atoms with Gasteiger partial charge in [0.15, 0.2) is 0 Å². The van der Waals surface area contributed by atoms with Crippen LogP contribution in [0.1, 0.15) is 12.8 Å². The normalized spacial score (nSPS) is 27.2. The Labute approximate surface area is 125 Å². The number of nitrogens with one attached hydrogen (secondary N) is 2. The van der Waals surface area contributed by atoms with E-state index in [2.05, 4.69) is 10.6 Å². The van der Waals surface area contributed by atoms with Crippen molar-refractivity contribution in [3.8, 4) is 0 Å². The number of amides is 2. The molecule has 0 aromatic heterocycles. The fraction of sp³-hybridized carbons (Fsp3) is 0.833. The summed E-state index contributed by atoms with van der Waals surface area (Å²) < 4.78 is 37.4. The van der Waals surface area contributed by atoms with Crippen molar-refractivity contribution in [2.75, 3.05) is 27.2 Å². The Morgan fingerprint density at radius 3 is 2.45 bits per heavy atom. The van der Waals surface area contributed by atoms with Crippen LogP contribution >= 0.6 is 0 Å². The molecule has 2 aliphatic heterocycles. The van der Waals surface area contributed by atoms with Gasteiger partial charge >= 0.3 is 18.2 Å². The van der Waals surface area contributed by atoms with Crippen LogP contribution in [0.2, 0.25) is 0 Å². The van der Waals surface area contributed by atoms with Gasteiger partial charge in [-0.25, -0.2) is 9.59 Å². The van der Waals surface area contributed by atoms with E-state index in [4.69, 9.17) is 14.6 Å². The lowest BCUT2D eigenvalue weighted by Crippen LogP contribution is -2.50. The molecule has 0 unspecified atom stereocenters. The fourth-order valence-corrected chi connectivity index (χ4v) is 2.23. The van der Waals surface area contributed by atoms with Gasteiger partial charge in [-0.3, -0.25) is 0 Å². The van der Waals surface area contributed by atoms with Crippen LogP contribution in [0.4, 0.5) is 18.0 Å². The quantitative estimate of drug-likeness (QED) is 0.649. The first-order chi connectivity index (χ1) is 10.1. The maximum Gasteiger partial charge on any atom is 0.490 e. The van der Waals surface area contributed by atoms with E-state index in [1.54, 1.807) is 19.0 Å². The van der Waals surface area contributed by atoms with Crippen LogP contribution in [0.15, 0.2) is 0 Å². The molecule has 0 aliphatic carbocycles. The number of rotatable bonds is 1. The first-order valence-electron chi connectivity index (χ1n) is 6.76. The average Bonchev–Trinajstić information content (AvgIpc) is 2.82. The first-order valence-corrected chi connectivity index (χ1v) is 6.76. The third kappa shape index (κ3) is 5.34. The van der Waals surface area contributed by atoms with Crippen LogP contribution < -0.4 is 10.6 Å². The van der Waals surface area contributed by atoms with E-state index in [1.165, 1.54) is 0 Å². The van der Waals surface area contributed by atoms with Gasteiger partial charge in [-0.1, -0.05) is 0 Å². The number of nitrogens with zero attached hydrogens (tertiary/aromatic N) is 1. The summed E-state index contributed by atoms with van der Waals surface area (Å²) in [4.78, 5) is 22.0. The number of carboxylic acid groups (broad SMARTS) is 1. The minimum Gasteiger partial charge on any atom is -0.475 e. The number of carboxylic acids is 1. The smallest absolute Gasteiger partial charge is 0.475 e. The summed E-state index contributed by atoms with van der Waals surface area (Å²) in [5.41, 5.74) is 0. The van der Waals surface area contributed by atoms with Crippen molar-refractivity contribution >= 4 is 12.0 Å². The van der Waals surface area contributed by atoms with Crippen molar-refractivity contribution in [3.63, 3.8) is 0 Å². The molecule has 0 saturated carbocycles. The Morgan fingerprint density at radius 2 is 1.95 bits per heavy atom. The molecule has 2 heterocycles. The zero-order chi connectivity index (χ0) is 16.9. The van der Waals surface area contributed by atoms with E-state index in [-0.39, 0.29) is 18.2 Å². The highest BCUT2D eigenvalue weighted by Gasteiger charge is 2.39. The Kier molecular flexibility index (Phi) is 6.42. The lowest BCUT2D eigenvalue weighted by Gasteiger charge is -2.29. The highest BCUT2D eigenvalue weighted by Crippen LogP contribution is 2.21. The summed E-state index contributed by atoms with van der Waals surface area (Å²) in [6.45, 7) is 1.63. The van der Waals surface area contributed by atoms with Gasteiger partial charge in [-0.15, -0.1) is 0 Å². The summed E-state index contributed by atoms with van der Waals surface area (Å²) in [7, 11) is 3.49.